The summed E-state index contributed by atoms with van der Waals surface area (Å²) in [7, 11) is 1.64. The maximum atomic E-state index is 6.01. The number of methoxy groups -OCH3 is 1. The fourth-order valence-corrected chi connectivity index (χ4v) is 1.98. The van der Waals surface area contributed by atoms with Crippen LogP contribution in [0.15, 0.2) is 54.7 Å². The first-order valence-electron chi connectivity index (χ1n) is 6.19. The summed E-state index contributed by atoms with van der Waals surface area (Å²) in [4.78, 5) is 4.25. The number of rotatable bonds is 3. The molecule has 100 valence electrons. The normalized spacial score (nSPS) is 10.4. The number of nitrogens with zero attached hydrogens (tertiary/aromatic N) is 3. The van der Waals surface area contributed by atoms with E-state index in [9.17, 15) is 0 Å². The van der Waals surface area contributed by atoms with Gasteiger partial charge in [-0.1, -0.05) is 18.2 Å². The summed E-state index contributed by atoms with van der Waals surface area (Å²) in [5, 5.41) is 4.50. The average Bonchev–Trinajstić information content (AvgIpc) is 2.90. The van der Waals surface area contributed by atoms with Gasteiger partial charge in [0.25, 0.3) is 0 Å². The Morgan fingerprint density at radius 2 is 2.00 bits per heavy atom. The van der Waals surface area contributed by atoms with Crippen molar-refractivity contribution in [3.8, 4) is 22.8 Å². The Balaban J connectivity index is 2.04. The molecule has 0 aliphatic carbocycles. The van der Waals surface area contributed by atoms with Gasteiger partial charge in [0.15, 0.2) is 5.82 Å². The Morgan fingerprint density at radius 1 is 1.10 bits per heavy atom. The van der Waals surface area contributed by atoms with Crippen molar-refractivity contribution >= 4 is 5.82 Å². The van der Waals surface area contributed by atoms with Gasteiger partial charge in [0.2, 0.25) is 0 Å². The number of benzene rings is 1. The van der Waals surface area contributed by atoms with Crippen LogP contribution in [-0.4, -0.2) is 21.9 Å². The number of ether oxygens (including phenoxy) is 1. The lowest BCUT2D eigenvalue weighted by Gasteiger charge is -2.02. The first-order chi connectivity index (χ1) is 9.78. The van der Waals surface area contributed by atoms with Crippen LogP contribution in [0.1, 0.15) is 0 Å². The Kier molecular flexibility index (Phi) is 3.09. The van der Waals surface area contributed by atoms with E-state index >= 15 is 0 Å². The smallest absolute Gasteiger partial charge is 0.155 e. The third-order valence-corrected chi connectivity index (χ3v) is 2.97. The van der Waals surface area contributed by atoms with Gasteiger partial charge in [-0.15, -0.1) is 0 Å². The summed E-state index contributed by atoms with van der Waals surface area (Å²) in [6, 6.07) is 15.1. The van der Waals surface area contributed by atoms with Crippen LogP contribution in [0.4, 0.5) is 5.82 Å². The van der Waals surface area contributed by atoms with E-state index in [4.69, 9.17) is 10.5 Å². The maximum Gasteiger partial charge on any atom is 0.155 e. The predicted octanol–water partition coefficient (Wildman–Crippen LogP) is 2.53. The van der Waals surface area contributed by atoms with Crippen molar-refractivity contribution in [3.63, 3.8) is 0 Å². The largest absolute Gasteiger partial charge is 0.497 e. The number of hydrogen-bond acceptors (Lipinski definition) is 4. The molecule has 0 spiro atoms. The van der Waals surface area contributed by atoms with Crippen LogP contribution >= 0.6 is 0 Å². The van der Waals surface area contributed by atoms with Crippen LogP contribution in [0.25, 0.3) is 17.1 Å². The molecule has 2 aromatic heterocycles. The lowest BCUT2D eigenvalue weighted by molar-refractivity contribution is 0.415. The fraction of sp³-hybridized carbons (Fsp3) is 0.0667. The molecule has 0 aliphatic heterocycles. The van der Waals surface area contributed by atoms with E-state index in [-0.39, 0.29) is 0 Å². The molecule has 3 aromatic rings. The van der Waals surface area contributed by atoms with Crippen molar-refractivity contribution in [2.75, 3.05) is 12.8 Å². The van der Waals surface area contributed by atoms with E-state index in [2.05, 4.69) is 10.1 Å². The molecule has 0 aliphatic rings. The minimum Gasteiger partial charge on any atom is -0.497 e. The third kappa shape index (κ3) is 2.21. The quantitative estimate of drug-likeness (QED) is 0.791. The molecule has 0 bridgehead atoms. The first-order valence-corrected chi connectivity index (χ1v) is 6.19. The van der Waals surface area contributed by atoms with E-state index in [1.807, 2.05) is 48.5 Å². The SMILES string of the molecule is COc1cccc(-c2cc(N)n(-c3ccccn3)n2)c1. The number of nitrogen functional groups attached to an aromatic ring is 1. The molecule has 1 aromatic carbocycles. The van der Waals surface area contributed by atoms with Crippen LogP contribution in [0.2, 0.25) is 0 Å². The molecule has 3 rings (SSSR count). The van der Waals surface area contributed by atoms with Gasteiger partial charge in [-0.3, -0.25) is 0 Å². The summed E-state index contributed by atoms with van der Waals surface area (Å²) in [6.07, 6.45) is 1.71. The molecule has 0 saturated carbocycles. The molecule has 0 radical (unpaired) electrons. The van der Waals surface area contributed by atoms with Crippen molar-refractivity contribution in [2.45, 2.75) is 0 Å². The predicted molar refractivity (Wildman–Crippen MR) is 77.8 cm³/mol. The van der Waals surface area contributed by atoms with Gasteiger partial charge in [-0.25, -0.2) is 4.98 Å². The minimum absolute atomic E-state index is 0.543. The summed E-state index contributed by atoms with van der Waals surface area (Å²) in [5.41, 5.74) is 7.74. The van der Waals surface area contributed by atoms with Crippen LogP contribution in [0, 0.1) is 0 Å². The minimum atomic E-state index is 0.543. The number of pyridine rings is 1. The molecule has 2 N–H and O–H groups in total. The molecule has 5 heteroatoms. The Bertz CT molecular complexity index is 722. The van der Waals surface area contributed by atoms with Crippen molar-refractivity contribution in [1.29, 1.82) is 0 Å². The second-order valence-electron chi connectivity index (χ2n) is 4.29. The van der Waals surface area contributed by atoms with Crippen LogP contribution in [0.3, 0.4) is 0 Å². The fourth-order valence-electron chi connectivity index (χ4n) is 1.98. The molecule has 20 heavy (non-hydrogen) atoms. The van der Waals surface area contributed by atoms with E-state index < -0.39 is 0 Å². The zero-order chi connectivity index (χ0) is 13.9. The zero-order valence-corrected chi connectivity index (χ0v) is 11.0. The summed E-state index contributed by atoms with van der Waals surface area (Å²) in [6.45, 7) is 0. The number of anilines is 1. The van der Waals surface area contributed by atoms with Gasteiger partial charge in [-0.05, 0) is 24.3 Å². The van der Waals surface area contributed by atoms with Crippen molar-refractivity contribution in [2.24, 2.45) is 0 Å². The van der Waals surface area contributed by atoms with E-state index in [0.29, 0.717) is 11.6 Å². The Morgan fingerprint density at radius 3 is 2.75 bits per heavy atom. The van der Waals surface area contributed by atoms with Crippen molar-refractivity contribution in [1.82, 2.24) is 14.8 Å². The van der Waals surface area contributed by atoms with Gasteiger partial charge >= 0.3 is 0 Å². The topological polar surface area (TPSA) is 66.0 Å². The molecule has 0 unspecified atom stereocenters. The summed E-state index contributed by atoms with van der Waals surface area (Å²) >= 11 is 0. The molecule has 0 fully saturated rings. The third-order valence-electron chi connectivity index (χ3n) is 2.97. The van der Waals surface area contributed by atoms with Crippen LogP contribution in [-0.2, 0) is 0 Å². The highest BCUT2D eigenvalue weighted by molar-refractivity contribution is 5.64. The van der Waals surface area contributed by atoms with Gasteiger partial charge in [0.1, 0.15) is 11.6 Å². The van der Waals surface area contributed by atoms with Gasteiger partial charge in [0.05, 0.1) is 12.8 Å². The standard InChI is InChI=1S/C15H14N4O/c1-20-12-6-4-5-11(9-12)13-10-14(16)19(18-13)15-7-2-3-8-17-15/h2-10H,16H2,1H3. The molecule has 2 heterocycles. The van der Waals surface area contributed by atoms with Gasteiger partial charge in [0, 0.05) is 17.8 Å². The summed E-state index contributed by atoms with van der Waals surface area (Å²) < 4.78 is 6.84. The highest BCUT2D eigenvalue weighted by atomic mass is 16.5. The second kappa shape index (κ2) is 5.05. The van der Waals surface area contributed by atoms with Crippen molar-refractivity contribution < 1.29 is 4.74 Å². The Hall–Kier alpha value is -2.82. The first kappa shape index (κ1) is 12.2. The average molecular weight is 266 g/mol. The second-order valence-corrected chi connectivity index (χ2v) is 4.29. The maximum absolute atomic E-state index is 6.01. The van der Waals surface area contributed by atoms with Gasteiger partial charge in [-0.2, -0.15) is 9.78 Å². The molecule has 5 nitrogen and oxygen atoms in total. The molecular weight excluding hydrogens is 252 g/mol. The molecule has 0 amide bonds. The number of hydrogen-bond donors (Lipinski definition) is 1. The highest BCUT2D eigenvalue weighted by Crippen LogP contribution is 2.25. The zero-order valence-electron chi connectivity index (χ0n) is 11.0. The lowest BCUT2D eigenvalue weighted by Crippen LogP contribution is -2.03. The number of nitrogens with two attached hydrogens (primary N) is 1. The monoisotopic (exact) mass is 266 g/mol. The summed E-state index contributed by atoms with van der Waals surface area (Å²) in [5.74, 6) is 2.02. The molecule has 0 saturated heterocycles. The van der Waals surface area contributed by atoms with Crippen LogP contribution < -0.4 is 10.5 Å². The van der Waals surface area contributed by atoms with Gasteiger partial charge < -0.3 is 10.5 Å². The Labute approximate surface area is 116 Å². The molecular formula is C15H14N4O. The van der Waals surface area contributed by atoms with E-state index in [1.54, 1.807) is 18.0 Å². The highest BCUT2D eigenvalue weighted by Gasteiger charge is 2.09. The molecule has 0 atom stereocenters. The van der Waals surface area contributed by atoms with E-state index in [0.717, 1.165) is 17.0 Å². The van der Waals surface area contributed by atoms with E-state index in [1.165, 1.54) is 0 Å². The van der Waals surface area contributed by atoms with Crippen molar-refractivity contribution in [3.05, 3.63) is 54.7 Å². The lowest BCUT2D eigenvalue weighted by atomic mass is 10.1. The van der Waals surface area contributed by atoms with Crippen LogP contribution in [0.5, 0.6) is 5.75 Å². The number of aromatic nitrogens is 3.